The van der Waals surface area contributed by atoms with Gasteiger partial charge in [0.05, 0.1) is 13.1 Å². The monoisotopic (exact) mass is 377 g/mol. The number of carbonyl (C=O) groups is 1. The van der Waals surface area contributed by atoms with Gasteiger partial charge in [-0.3, -0.25) is 14.2 Å². The summed E-state index contributed by atoms with van der Waals surface area (Å²) in [6, 6.07) is 13.1. The maximum atomic E-state index is 13.0. The Morgan fingerprint density at radius 3 is 2.68 bits per heavy atom. The van der Waals surface area contributed by atoms with E-state index in [2.05, 4.69) is 15.3 Å². The fraction of sp³-hybridized carbons (Fsp3) is 0.150. The summed E-state index contributed by atoms with van der Waals surface area (Å²) < 4.78 is 15.7. The molecule has 0 fully saturated rings. The van der Waals surface area contributed by atoms with Crippen molar-refractivity contribution in [1.29, 1.82) is 0 Å². The molecule has 8 heteroatoms. The Bertz CT molecular complexity index is 1230. The summed E-state index contributed by atoms with van der Waals surface area (Å²) in [6.07, 6.45) is 1.31. The molecule has 2 heterocycles. The Balaban J connectivity index is 1.62. The van der Waals surface area contributed by atoms with Crippen LogP contribution in [0.4, 0.5) is 4.39 Å². The SMILES string of the molecule is Cc1cccc(Cn2nnc3c(=O)n(CC(=O)c4ccc(F)cc4)cnc32)c1. The third-order valence-electron chi connectivity index (χ3n) is 4.39. The summed E-state index contributed by atoms with van der Waals surface area (Å²) in [5.41, 5.74) is 2.47. The molecule has 0 aliphatic carbocycles. The Labute approximate surface area is 159 Å². The van der Waals surface area contributed by atoms with Crippen LogP contribution in [-0.4, -0.2) is 30.3 Å². The van der Waals surface area contributed by atoms with Crippen molar-refractivity contribution in [3.05, 3.63) is 87.7 Å². The van der Waals surface area contributed by atoms with Crippen molar-refractivity contribution in [2.75, 3.05) is 0 Å². The average molecular weight is 377 g/mol. The smallest absolute Gasteiger partial charge is 0.283 e. The van der Waals surface area contributed by atoms with Crippen molar-refractivity contribution in [2.24, 2.45) is 0 Å². The Kier molecular flexibility index (Phi) is 4.52. The van der Waals surface area contributed by atoms with Gasteiger partial charge in [0.2, 0.25) is 0 Å². The molecule has 0 amide bonds. The number of hydrogen-bond donors (Lipinski definition) is 0. The van der Waals surface area contributed by atoms with E-state index in [1.54, 1.807) is 4.68 Å². The summed E-state index contributed by atoms with van der Waals surface area (Å²) in [4.78, 5) is 29.3. The van der Waals surface area contributed by atoms with Gasteiger partial charge in [0, 0.05) is 5.56 Å². The van der Waals surface area contributed by atoms with Crippen LogP contribution in [-0.2, 0) is 13.1 Å². The number of aryl methyl sites for hydroxylation is 1. The molecule has 140 valence electrons. The minimum absolute atomic E-state index is 0.0991. The van der Waals surface area contributed by atoms with E-state index in [1.165, 1.54) is 35.2 Å². The van der Waals surface area contributed by atoms with E-state index in [4.69, 9.17) is 0 Å². The molecule has 0 aliphatic rings. The van der Waals surface area contributed by atoms with Crippen LogP contribution < -0.4 is 5.56 Å². The summed E-state index contributed by atoms with van der Waals surface area (Å²) in [5, 5.41) is 7.98. The minimum atomic E-state index is -0.448. The van der Waals surface area contributed by atoms with Gasteiger partial charge in [-0.2, -0.15) is 0 Å². The van der Waals surface area contributed by atoms with Crippen LogP contribution in [0.2, 0.25) is 0 Å². The quantitative estimate of drug-likeness (QED) is 0.499. The number of benzene rings is 2. The van der Waals surface area contributed by atoms with Crippen molar-refractivity contribution in [2.45, 2.75) is 20.0 Å². The van der Waals surface area contributed by atoms with E-state index in [9.17, 15) is 14.0 Å². The fourth-order valence-corrected chi connectivity index (χ4v) is 2.97. The molecule has 7 nitrogen and oxygen atoms in total. The van der Waals surface area contributed by atoms with E-state index < -0.39 is 11.4 Å². The molecule has 0 unspecified atom stereocenters. The molecule has 0 saturated carbocycles. The standard InChI is InChI=1S/C20H16FN5O2/c1-13-3-2-4-14(9-13)10-26-19-18(23-24-26)20(28)25(12-22-19)11-17(27)15-5-7-16(21)8-6-15/h2-9,12H,10-11H2,1H3. The summed E-state index contributed by atoms with van der Waals surface area (Å²) >= 11 is 0. The van der Waals surface area contributed by atoms with E-state index >= 15 is 0 Å². The van der Waals surface area contributed by atoms with Gasteiger partial charge in [-0.25, -0.2) is 14.1 Å². The molecule has 4 rings (SSSR count). The first-order valence-corrected chi connectivity index (χ1v) is 8.64. The van der Waals surface area contributed by atoms with Crippen molar-refractivity contribution >= 4 is 16.9 Å². The molecule has 0 radical (unpaired) electrons. The van der Waals surface area contributed by atoms with Gasteiger partial charge < -0.3 is 0 Å². The second kappa shape index (κ2) is 7.15. The predicted molar refractivity (Wildman–Crippen MR) is 101 cm³/mol. The normalized spacial score (nSPS) is 11.1. The molecule has 28 heavy (non-hydrogen) atoms. The van der Waals surface area contributed by atoms with Gasteiger partial charge in [0.1, 0.15) is 12.1 Å². The molecule has 0 aliphatic heterocycles. The van der Waals surface area contributed by atoms with Crippen molar-refractivity contribution < 1.29 is 9.18 Å². The van der Waals surface area contributed by atoms with Crippen molar-refractivity contribution in [3.8, 4) is 0 Å². The number of rotatable bonds is 5. The molecule has 0 atom stereocenters. The van der Waals surface area contributed by atoms with Crippen LogP contribution in [0.1, 0.15) is 21.5 Å². The Hall–Kier alpha value is -3.68. The van der Waals surface area contributed by atoms with Crippen LogP contribution in [0.5, 0.6) is 0 Å². The lowest BCUT2D eigenvalue weighted by Gasteiger charge is -2.06. The van der Waals surface area contributed by atoms with E-state index in [-0.39, 0.29) is 17.8 Å². The molecule has 2 aromatic heterocycles. The summed E-state index contributed by atoms with van der Waals surface area (Å²) in [6.45, 7) is 2.22. The number of nitrogens with zero attached hydrogens (tertiary/aromatic N) is 5. The van der Waals surface area contributed by atoms with E-state index in [1.807, 2.05) is 31.2 Å². The molecule has 2 aromatic carbocycles. The molecule has 0 bridgehead atoms. The zero-order valence-electron chi connectivity index (χ0n) is 15.0. The molecular formula is C20H16FN5O2. The van der Waals surface area contributed by atoms with Crippen molar-refractivity contribution in [3.63, 3.8) is 0 Å². The van der Waals surface area contributed by atoms with E-state index in [0.29, 0.717) is 17.8 Å². The Morgan fingerprint density at radius 1 is 1.14 bits per heavy atom. The lowest BCUT2D eigenvalue weighted by atomic mass is 10.1. The Morgan fingerprint density at radius 2 is 1.93 bits per heavy atom. The van der Waals surface area contributed by atoms with Crippen LogP contribution in [0.25, 0.3) is 11.2 Å². The van der Waals surface area contributed by atoms with Crippen molar-refractivity contribution in [1.82, 2.24) is 24.5 Å². The highest BCUT2D eigenvalue weighted by molar-refractivity contribution is 5.95. The van der Waals surface area contributed by atoms with Gasteiger partial charge in [-0.05, 0) is 36.8 Å². The zero-order valence-corrected chi connectivity index (χ0v) is 15.0. The highest BCUT2D eigenvalue weighted by Crippen LogP contribution is 2.10. The van der Waals surface area contributed by atoms with Crippen LogP contribution in [0, 0.1) is 12.7 Å². The third-order valence-corrected chi connectivity index (χ3v) is 4.39. The molecular weight excluding hydrogens is 361 g/mol. The molecule has 0 spiro atoms. The van der Waals surface area contributed by atoms with Gasteiger partial charge in [0.15, 0.2) is 16.9 Å². The molecule has 4 aromatic rings. The maximum absolute atomic E-state index is 13.0. The first kappa shape index (κ1) is 17.7. The first-order chi connectivity index (χ1) is 13.5. The summed E-state index contributed by atoms with van der Waals surface area (Å²) in [7, 11) is 0. The topological polar surface area (TPSA) is 82.7 Å². The summed E-state index contributed by atoms with van der Waals surface area (Å²) in [5.74, 6) is -0.752. The lowest BCUT2D eigenvalue weighted by molar-refractivity contribution is 0.0970. The largest absolute Gasteiger partial charge is 0.292 e. The third kappa shape index (κ3) is 3.44. The first-order valence-electron chi connectivity index (χ1n) is 8.64. The number of carbonyl (C=O) groups excluding carboxylic acids is 1. The number of fused-ring (bicyclic) bond motifs is 1. The predicted octanol–water partition coefficient (Wildman–Crippen LogP) is 2.37. The average Bonchev–Trinajstić information content (AvgIpc) is 3.08. The fourth-order valence-electron chi connectivity index (χ4n) is 2.97. The van der Waals surface area contributed by atoms with Gasteiger partial charge >= 0.3 is 0 Å². The van der Waals surface area contributed by atoms with E-state index in [0.717, 1.165) is 11.1 Å². The minimum Gasteiger partial charge on any atom is -0.292 e. The van der Waals surface area contributed by atoms with Crippen LogP contribution >= 0.6 is 0 Å². The second-order valence-electron chi connectivity index (χ2n) is 6.52. The molecule has 0 saturated heterocycles. The van der Waals surface area contributed by atoms with Gasteiger partial charge in [-0.15, -0.1) is 5.10 Å². The number of aromatic nitrogens is 5. The highest BCUT2D eigenvalue weighted by Gasteiger charge is 2.15. The number of halogens is 1. The number of ketones is 1. The maximum Gasteiger partial charge on any atom is 0.283 e. The number of Topliss-reactive ketones (excluding diaryl/α,β-unsaturated/α-hetero) is 1. The van der Waals surface area contributed by atoms with Gasteiger partial charge in [-0.1, -0.05) is 35.0 Å². The number of hydrogen-bond acceptors (Lipinski definition) is 5. The van der Waals surface area contributed by atoms with Gasteiger partial charge in [0.25, 0.3) is 5.56 Å². The van der Waals surface area contributed by atoms with Crippen LogP contribution in [0.15, 0.2) is 59.7 Å². The highest BCUT2D eigenvalue weighted by atomic mass is 19.1. The second-order valence-corrected chi connectivity index (χ2v) is 6.52. The molecule has 0 N–H and O–H groups in total. The van der Waals surface area contributed by atoms with Crippen LogP contribution in [0.3, 0.4) is 0 Å². The zero-order chi connectivity index (χ0) is 19.7. The lowest BCUT2D eigenvalue weighted by Crippen LogP contribution is -2.25.